The van der Waals surface area contributed by atoms with Crippen molar-refractivity contribution in [3.05, 3.63) is 46.9 Å². The highest BCUT2D eigenvalue weighted by molar-refractivity contribution is 7.90. The van der Waals surface area contributed by atoms with E-state index in [9.17, 15) is 17.7 Å². The number of aliphatic imine (C=N–C) groups is 1. The van der Waals surface area contributed by atoms with E-state index in [0.717, 1.165) is 16.9 Å². The Morgan fingerprint density at radius 3 is 2.69 bits per heavy atom. The molecule has 0 bridgehead atoms. The van der Waals surface area contributed by atoms with Crippen LogP contribution in [0.2, 0.25) is 0 Å². The van der Waals surface area contributed by atoms with Crippen molar-refractivity contribution >= 4 is 28.0 Å². The minimum absolute atomic E-state index is 0.246. The van der Waals surface area contributed by atoms with E-state index in [2.05, 4.69) is 15.3 Å². The number of nitrogens with zero attached hydrogens (tertiary/aromatic N) is 3. The number of fused-ring (bicyclic) bond motifs is 1. The minimum Gasteiger partial charge on any atom is -0.354 e. The highest BCUT2D eigenvalue weighted by Gasteiger charge is 2.43. The molecular formula is C19H23FN4O4S. The van der Waals surface area contributed by atoms with Crippen LogP contribution in [0.4, 0.5) is 15.0 Å². The van der Waals surface area contributed by atoms with Crippen molar-refractivity contribution in [1.82, 2.24) is 10.2 Å². The SMILES string of the molecule is Cc1cc(S(C)(=O)=O)ccc1N(C)C1=CC(NC(=O)OF)=C2N=CN(C)C2(C)C1. The summed E-state index contributed by atoms with van der Waals surface area (Å²) in [5.74, 6) is 0. The summed E-state index contributed by atoms with van der Waals surface area (Å²) in [7, 11) is 0.415. The summed E-state index contributed by atoms with van der Waals surface area (Å²) in [5, 5.41) is 2.39. The fourth-order valence-corrected chi connectivity index (χ4v) is 4.32. The summed E-state index contributed by atoms with van der Waals surface area (Å²) in [6.45, 7) is 3.80. The molecule has 1 aromatic rings. The maximum Gasteiger partial charge on any atom is 0.449 e. The zero-order valence-electron chi connectivity index (χ0n) is 16.9. The topological polar surface area (TPSA) is 91.3 Å². The Labute approximate surface area is 169 Å². The molecule has 1 aliphatic heterocycles. The average Bonchev–Trinajstić information content (AvgIpc) is 2.95. The fraction of sp³-hybridized carbons (Fsp3) is 0.368. The number of nitrogens with one attached hydrogen (secondary N) is 1. The molecule has 1 unspecified atom stereocenters. The van der Waals surface area contributed by atoms with Gasteiger partial charge in [-0.3, -0.25) is 5.32 Å². The standard InChI is InChI=1S/C19H23FN4O4S/c1-12-8-14(29(5,26)27)6-7-16(12)24(4)13-9-15(22-18(25)28-20)17-19(2,10-13)23(3)11-21-17/h6-9,11H,10H2,1-5H3,(H,22,25). The molecule has 8 nitrogen and oxygen atoms in total. The van der Waals surface area contributed by atoms with Crippen LogP contribution in [0.15, 0.2) is 51.3 Å². The predicted octanol–water partition coefficient (Wildman–Crippen LogP) is 2.68. The Hall–Kier alpha value is -2.88. The van der Waals surface area contributed by atoms with Gasteiger partial charge in [0.05, 0.1) is 28.2 Å². The molecule has 156 valence electrons. The van der Waals surface area contributed by atoms with E-state index in [0.29, 0.717) is 17.8 Å². The first-order valence-electron chi connectivity index (χ1n) is 8.84. The van der Waals surface area contributed by atoms with Gasteiger partial charge >= 0.3 is 6.09 Å². The van der Waals surface area contributed by atoms with Gasteiger partial charge in [0, 0.05) is 42.7 Å². The molecule has 1 heterocycles. The van der Waals surface area contributed by atoms with Crippen LogP contribution in [0.3, 0.4) is 0 Å². The monoisotopic (exact) mass is 422 g/mol. The number of carbonyl (C=O) groups is 1. The number of aryl methyl sites for hydroxylation is 1. The Morgan fingerprint density at radius 2 is 2.10 bits per heavy atom. The van der Waals surface area contributed by atoms with E-state index < -0.39 is 21.5 Å². The molecule has 3 rings (SSSR count). The second-order valence-corrected chi connectivity index (χ2v) is 9.49. The third kappa shape index (κ3) is 3.71. The molecule has 0 fully saturated rings. The number of carbonyl (C=O) groups excluding carboxylic acids is 1. The molecule has 1 atom stereocenters. The van der Waals surface area contributed by atoms with Crippen LogP contribution in [-0.2, 0) is 14.8 Å². The molecule has 1 aromatic carbocycles. The first-order chi connectivity index (χ1) is 13.5. The van der Waals surface area contributed by atoms with Gasteiger partial charge in [0.15, 0.2) is 9.84 Å². The van der Waals surface area contributed by atoms with Crippen LogP contribution in [0.1, 0.15) is 18.9 Å². The number of hydrogen-bond donors (Lipinski definition) is 1. The highest BCUT2D eigenvalue weighted by atomic mass is 32.2. The summed E-state index contributed by atoms with van der Waals surface area (Å²) in [6.07, 6.45) is 3.88. The van der Waals surface area contributed by atoms with Crippen LogP contribution >= 0.6 is 0 Å². The summed E-state index contributed by atoms with van der Waals surface area (Å²) < 4.78 is 35.9. The second kappa shape index (κ2) is 7.18. The quantitative estimate of drug-likeness (QED) is 0.802. The Balaban J connectivity index is 2.03. The number of allylic oxidation sites excluding steroid dienone is 1. The number of rotatable bonds is 4. The number of halogens is 1. The summed E-state index contributed by atoms with van der Waals surface area (Å²) in [5.41, 5.74) is 2.83. The highest BCUT2D eigenvalue weighted by Crippen LogP contribution is 2.41. The molecule has 0 spiro atoms. The molecule has 0 radical (unpaired) electrons. The summed E-state index contributed by atoms with van der Waals surface area (Å²) >= 11 is 0. The van der Waals surface area contributed by atoms with E-state index in [1.807, 2.05) is 37.7 Å². The number of hydrogen-bond acceptors (Lipinski definition) is 7. The van der Waals surface area contributed by atoms with Crippen molar-refractivity contribution in [2.24, 2.45) is 4.99 Å². The molecule has 0 saturated carbocycles. The van der Waals surface area contributed by atoms with Gasteiger partial charge in [0.2, 0.25) is 0 Å². The van der Waals surface area contributed by atoms with E-state index in [4.69, 9.17) is 0 Å². The zero-order valence-corrected chi connectivity index (χ0v) is 17.7. The van der Waals surface area contributed by atoms with Crippen molar-refractivity contribution in [2.45, 2.75) is 30.7 Å². The molecule has 0 saturated heterocycles. The molecular weight excluding hydrogens is 399 g/mol. The number of benzene rings is 1. The Kier molecular flexibility index (Phi) is 5.16. The fourth-order valence-electron chi connectivity index (χ4n) is 3.61. The lowest BCUT2D eigenvalue weighted by molar-refractivity contribution is -0.0610. The molecule has 1 N–H and O–H groups in total. The summed E-state index contributed by atoms with van der Waals surface area (Å²) in [6, 6.07) is 4.93. The number of sulfone groups is 1. The third-order valence-corrected chi connectivity index (χ3v) is 6.55. The first kappa shape index (κ1) is 20.8. The lowest BCUT2D eigenvalue weighted by Gasteiger charge is -2.40. The van der Waals surface area contributed by atoms with E-state index >= 15 is 0 Å². The molecule has 0 aromatic heterocycles. The van der Waals surface area contributed by atoms with Gasteiger partial charge in [0.1, 0.15) is 0 Å². The molecule has 1 aliphatic carbocycles. The normalized spacial score (nSPS) is 21.0. The second-order valence-electron chi connectivity index (χ2n) is 7.47. The van der Waals surface area contributed by atoms with Crippen LogP contribution in [0.25, 0.3) is 0 Å². The van der Waals surface area contributed by atoms with Gasteiger partial charge in [-0.2, -0.15) is 0 Å². The maximum atomic E-state index is 12.3. The third-order valence-electron chi connectivity index (χ3n) is 5.44. The molecule has 10 heteroatoms. The van der Waals surface area contributed by atoms with Crippen molar-refractivity contribution in [2.75, 3.05) is 25.3 Å². The van der Waals surface area contributed by atoms with Crippen molar-refractivity contribution in [3.8, 4) is 0 Å². The number of anilines is 1. The first-order valence-corrected chi connectivity index (χ1v) is 10.7. The molecule has 29 heavy (non-hydrogen) atoms. The zero-order chi connectivity index (χ0) is 21.6. The van der Waals surface area contributed by atoms with Gasteiger partial charge in [-0.15, -0.1) is 0 Å². The van der Waals surface area contributed by atoms with Crippen molar-refractivity contribution in [1.29, 1.82) is 0 Å². The van der Waals surface area contributed by atoms with E-state index in [1.165, 1.54) is 6.26 Å². The predicted molar refractivity (Wildman–Crippen MR) is 108 cm³/mol. The lowest BCUT2D eigenvalue weighted by Crippen LogP contribution is -2.45. The van der Waals surface area contributed by atoms with Crippen LogP contribution in [-0.4, -0.2) is 51.6 Å². The Morgan fingerprint density at radius 1 is 1.41 bits per heavy atom. The smallest absolute Gasteiger partial charge is 0.354 e. The minimum atomic E-state index is -3.31. The van der Waals surface area contributed by atoms with Gasteiger partial charge < -0.3 is 9.80 Å². The van der Waals surface area contributed by atoms with E-state index in [1.54, 1.807) is 30.6 Å². The van der Waals surface area contributed by atoms with Crippen LogP contribution < -0.4 is 10.2 Å². The molecule has 1 amide bonds. The van der Waals surface area contributed by atoms with Gasteiger partial charge in [-0.25, -0.2) is 23.1 Å². The van der Waals surface area contributed by atoms with Crippen molar-refractivity contribution < 1.29 is 22.7 Å². The average molecular weight is 422 g/mol. The van der Waals surface area contributed by atoms with Crippen molar-refractivity contribution in [3.63, 3.8) is 0 Å². The number of amides is 1. The number of likely N-dealkylation sites (N-methyl/N-ethyl adjacent to an activating group) is 1. The Bertz CT molecular complexity index is 1060. The van der Waals surface area contributed by atoms with Crippen LogP contribution in [0.5, 0.6) is 0 Å². The summed E-state index contributed by atoms with van der Waals surface area (Å²) in [4.78, 5) is 23.2. The van der Waals surface area contributed by atoms with Gasteiger partial charge in [-0.1, -0.05) is 0 Å². The lowest BCUT2D eigenvalue weighted by atomic mass is 9.85. The van der Waals surface area contributed by atoms with Gasteiger partial charge in [0.25, 0.3) is 0 Å². The molecule has 2 aliphatic rings. The van der Waals surface area contributed by atoms with Crippen LogP contribution in [0, 0.1) is 6.92 Å². The maximum absolute atomic E-state index is 12.3. The largest absolute Gasteiger partial charge is 0.449 e. The van der Waals surface area contributed by atoms with E-state index in [-0.39, 0.29) is 4.90 Å². The van der Waals surface area contributed by atoms with Gasteiger partial charge in [-0.05, 0) is 43.7 Å².